The largest absolute Gasteiger partial charge is 0.299 e. The lowest BCUT2D eigenvalue weighted by Crippen LogP contribution is -2.52. The maximum absolute atomic E-state index is 12.1. The Morgan fingerprint density at radius 1 is 1.12 bits per heavy atom. The van der Waals surface area contributed by atoms with Crippen molar-refractivity contribution in [1.82, 2.24) is 0 Å². The number of ketones is 1. The second-order valence-electron chi connectivity index (χ2n) is 7.96. The van der Waals surface area contributed by atoms with Crippen LogP contribution in [0.3, 0.4) is 0 Å². The molecule has 1 saturated carbocycles. The lowest BCUT2D eigenvalue weighted by Gasteiger charge is -2.45. The van der Waals surface area contributed by atoms with Gasteiger partial charge in [0.2, 0.25) is 0 Å². The lowest BCUT2D eigenvalue weighted by atomic mass is 9.71. The number of allylic oxidation sites excluding steroid dienone is 1. The predicted molar refractivity (Wildman–Crippen MR) is 97.6 cm³/mol. The van der Waals surface area contributed by atoms with Crippen LogP contribution in [-0.4, -0.2) is 17.5 Å². The number of Topliss-reactive ketones (excluding diaryl/α,β-unsaturated/α-hetero) is 1. The van der Waals surface area contributed by atoms with Gasteiger partial charge in [-0.05, 0) is 26.2 Å². The summed E-state index contributed by atoms with van der Waals surface area (Å²) < 4.78 is 0. The topological polar surface area (TPSA) is 35.5 Å². The summed E-state index contributed by atoms with van der Waals surface area (Å²) in [6.07, 6.45) is 17.7. The minimum Gasteiger partial charge on any atom is -0.299 e. The fourth-order valence-corrected chi connectivity index (χ4v) is 3.87. The van der Waals surface area contributed by atoms with Crippen LogP contribution in [0.25, 0.3) is 0 Å². The van der Waals surface area contributed by atoms with Gasteiger partial charge in [-0.3, -0.25) is 4.79 Å². The van der Waals surface area contributed by atoms with Gasteiger partial charge in [-0.1, -0.05) is 70.9 Å². The van der Waals surface area contributed by atoms with Gasteiger partial charge in [0.05, 0.1) is 0 Å². The van der Waals surface area contributed by atoms with Gasteiger partial charge in [0, 0.05) is 18.3 Å². The Bertz CT molecular complexity index is 417. The standard InChI is InChI=1S/C21H36O3/c1-4-5-6-7-8-9-10-11-12-13-14-21(3)18-15-19(22)17(2)20(16-18)23-24-21/h13-14,17-18,20H,4-12,15-16H2,1-3H3/t17-,18+,20+,21+/m0/s1. The lowest BCUT2D eigenvalue weighted by molar-refractivity contribution is -0.415. The molecule has 1 aliphatic heterocycles. The summed E-state index contributed by atoms with van der Waals surface area (Å²) in [7, 11) is 0. The highest BCUT2D eigenvalue weighted by Gasteiger charge is 2.48. The molecule has 2 fully saturated rings. The van der Waals surface area contributed by atoms with E-state index in [4.69, 9.17) is 9.78 Å². The molecule has 138 valence electrons. The number of hydrogen-bond donors (Lipinski definition) is 0. The van der Waals surface area contributed by atoms with Crippen LogP contribution in [0.1, 0.15) is 91.4 Å². The van der Waals surface area contributed by atoms with Crippen molar-refractivity contribution in [2.75, 3.05) is 0 Å². The van der Waals surface area contributed by atoms with Crippen molar-refractivity contribution >= 4 is 5.78 Å². The van der Waals surface area contributed by atoms with Gasteiger partial charge >= 0.3 is 0 Å². The van der Waals surface area contributed by atoms with Crippen LogP contribution in [0.4, 0.5) is 0 Å². The SMILES string of the molecule is CCCCCCCCCCC=C[C@@]1(C)OO[C@@H]2C[C@H]1CC(=O)[C@@H]2C. The van der Waals surface area contributed by atoms with Gasteiger partial charge in [-0.25, -0.2) is 9.78 Å². The quantitative estimate of drug-likeness (QED) is 0.288. The van der Waals surface area contributed by atoms with E-state index in [1.807, 2.05) is 6.92 Å². The molecule has 1 heterocycles. The fraction of sp³-hybridized carbons (Fsp3) is 0.857. The Balaban J connectivity index is 1.64. The van der Waals surface area contributed by atoms with Crippen molar-refractivity contribution < 1.29 is 14.6 Å². The van der Waals surface area contributed by atoms with Gasteiger partial charge in [-0.2, -0.15) is 0 Å². The second kappa shape index (κ2) is 9.72. The average Bonchev–Trinajstić information content (AvgIpc) is 2.57. The maximum atomic E-state index is 12.1. The number of hydrogen-bond acceptors (Lipinski definition) is 3. The van der Waals surface area contributed by atoms with Crippen molar-refractivity contribution in [3.8, 4) is 0 Å². The highest BCUT2D eigenvalue weighted by atomic mass is 17.2. The predicted octanol–water partition coefficient (Wildman–Crippen LogP) is 5.78. The zero-order valence-corrected chi connectivity index (χ0v) is 15.9. The summed E-state index contributed by atoms with van der Waals surface area (Å²) in [6.45, 7) is 6.27. The third-order valence-corrected chi connectivity index (χ3v) is 5.86. The van der Waals surface area contributed by atoms with Crippen LogP contribution in [-0.2, 0) is 14.6 Å². The molecule has 3 heteroatoms. The molecular weight excluding hydrogens is 300 g/mol. The molecule has 3 nitrogen and oxygen atoms in total. The molecular formula is C21H36O3. The van der Waals surface area contributed by atoms with Crippen LogP contribution >= 0.6 is 0 Å². The molecule has 0 unspecified atom stereocenters. The average molecular weight is 337 g/mol. The van der Waals surface area contributed by atoms with Crippen LogP contribution in [0.15, 0.2) is 12.2 Å². The second-order valence-corrected chi connectivity index (χ2v) is 7.96. The third kappa shape index (κ3) is 5.42. The van der Waals surface area contributed by atoms with Gasteiger partial charge in [-0.15, -0.1) is 0 Å². The first kappa shape index (κ1) is 19.7. The first-order valence-electron chi connectivity index (χ1n) is 10.1. The summed E-state index contributed by atoms with van der Waals surface area (Å²) in [5, 5.41) is 0. The van der Waals surface area contributed by atoms with Crippen molar-refractivity contribution in [3.63, 3.8) is 0 Å². The van der Waals surface area contributed by atoms with Crippen LogP contribution in [0.2, 0.25) is 0 Å². The van der Waals surface area contributed by atoms with Crippen LogP contribution in [0.5, 0.6) is 0 Å². The molecule has 4 atom stereocenters. The molecule has 0 aromatic carbocycles. The van der Waals surface area contributed by atoms with Gasteiger partial charge < -0.3 is 0 Å². The summed E-state index contributed by atoms with van der Waals surface area (Å²) in [4.78, 5) is 23.3. The molecule has 1 aliphatic carbocycles. The van der Waals surface area contributed by atoms with Crippen molar-refractivity contribution in [3.05, 3.63) is 12.2 Å². The molecule has 0 spiro atoms. The molecule has 0 N–H and O–H groups in total. The number of fused-ring (bicyclic) bond motifs is 2. The van der Waals surface area contributed by atoms with Crippen molar-refractivity contribution in [2.24, 2.45) is 11.8 Å². The highest BCUT2D eigenvalue weighted by Crippen LogP contribution is 2.42. The smallest absolute Gasteiger partial charge is 0.138 e. The molecule has 24 heavy (non-hydrogen) atoms. The van der Waals surface area contributed by atoms with Crippen LogP contribution in [0, 0.1) is 11.8 Å². The van der Waals surface area contributed by atoms with E-state index >= 15 is 0 Å². The minimum atomic E-state index is -0.438. The molecule has 2 bridgehead atoms. The summed E-state index contributed by atoms with van der Waals surface area (Å²) in [5.74, 6) is 0.559. The fourth-order valence-electron chi connectivity index (χ4n) is 3.87. The Morgan fingerprint density at radius 3 is 2.50 bits per heavy atom. The van der Waals surface area contributed by atoms with E-state index in [2.05, 4.69) is 26.0 Å². The molecule has 2 rings (SSSR count). The zero-order valence-electron chi connectivity index (χ0n) is 15.9. The third-order valence-electron chi connectivity index (χ3n) is 5.86. The number of rotatable bonds is 10. The zero-order chi connectivity index (χ0) is 17.4. The first-order valence-corrected chi connectivity index (χ1v) is 10.1. The number of carbonyl (C=O) groups is 1. The van der Waals surface area contributed by atoms with Crippen LogP contribution < -0.4 is 0 Å². The maximum Gasteiger partial charge on any atom is 0.138 e. The molecule has 0 amide bonds. The molecule has 1 saturated heterocycles. The molecule has 0 aromatic rings. The van der Waals surface area contributed by atoms with E-state index in [1.165, 1.54) is 51.4 Å². The normalized spacial score (nSPS) is 33.3. The summed E-state index contributed by atoms with van der Waals surface area (Å²) in [6, 6.07) is 0. The van der Waals surface area contributed by atoms with Crippen molar-refractivity contribution in [2.45, 2.75) is 103 Å². The number of unbranched alkanes of at least 4 members (excludes halogenated alkanes) is 8. The van der Waals surface area contributed by atoms with E-state index in [0.29, 0.717) is 12.2 Å². The summed E-state index contributed by atoms with van der Waals surface area (Å²) >= 11 is 0. The highest BCUT2D eigenvalue weighted by molar-refractivity contribution is 5.82. The molecule has 0 aromatic heterocycles. The Kier molecular flexibility index (Phi) is 7.96. The molecule has 0 radical (unpaired) electrons. The summed E-state index contributed by atoms with van der Waals surface area (Å²) in [5.41, 5.74) is -0.438. The van der Waals surface area contributed by atoms with E-state index in [9.17, 15) is 4.79 Å². The van der Waals surface area contributed by atoms with E-state index in [1.54, 1.807) is 0 Å². The van der Waals surface area contributed by atoms with Gasteiger partial charge in [0.25, 0.3) is 0 Å². The van der Waals surface area contributed by atoms with E-state index in [0.717, 1.165) is 12.8 Å². The van der Waals surface area contributed by atoms with Gasteiger partial charge in [0.15, 0.2) is 0 Å². The Morgan fingerprint density at radius 2 is 1.79 bits per heavy atom. The Labute approximate surface area is 148 Å². The number of carbonyl (C=O) groups excluding carboxylic acids is 1. The van der Waals surface area contributed by atoms with Gasteiger partial charge in [0.1, 0.15) is 17.5 Å². The van der Waals surface area contributed by atoms with Crippen molar-refractivity contribution in [1.29, 1.82) is 0 Å². The van der Waals surface area contributed by atoms with E-state index < -0.39 is 5.60 Å². The monoisotopic (exact) mass is 336 g/mol. The van der Waals surface area contributed by atoms with E-state index in [-0.39, 0.29) is 17.9 Å². The molecule has 2 aliphatic rings. The first-order chi connectivity index (χ1) is 11.6. The minimum absolute atomic E-state index is 0.0212. The Hall–Kier alpha value is -0.670.